The van der Waals surface area contributed by atoms with E-state index in [9.17, 15) is 9.59 Å². The monoisotopic (exact) mass is 733 g/mol. The van der Waals surface area contributed by atoms with Crippen LogP contribution in [0.2, 0.25) is 0 Å². The van der Waals surface area contributed by atoms with E-state index in [1.54, 1.807) is 9.80 Å². The van der Waals surface area contributed by atoms with Crippen LogP contribution < -0.4 is 14.5 Å². The number of amides is 2. The summed E-state index contributed by atoms with van der Waals surface area (Å²) in [5.74, 6) is 0.750. The summed E-state index contributed by atoms with van der Waals surface area (Å²) in [7, 11) is 0. The summed E-state index contributed by atoms with van der Waals surface area (Å²) < 4.78 is 23.5. The van der Waals surface area contributed by atoms with Gasteiger partial charge in [-0.3, -0.25) is 4.90 Å². The predicted octanol–water partition coefficient (Wildman–Crippen LogP) is 5.95. The number of rotatable bonds is 8. The highest BCUT2D eigenvalue weighted by Gasteiger charge is 2.37. The van der Waals surface area contributed by atoms with E-state index in [-0.39, 0.29) is 37.9 Å². The first-order valence-electron chi connectivity index (χ1n) is 18.6. The smallest absolute Gasteiger partial charge is 0.410 e. The Bertz CT molecular complexity index is 1990. The Hall–Kier alpha value is -5.61. The van der Waals surface area contributed by atoms with Gasteiger partial charge in [0.1, 0.15) is 36.8 Å². The Balaban J connectivity index is 1.12. The predicted molar refractivity (Wildman–Crippen MR) is 205 cm³/mol. The van der Waals surface area contributed by atoms with Crippen LogP contribution in [0.5, 0.6) is 6.01 Å². The number of piperazine rings is 1. The van der Waals surface area contributed by atoms with Gasteiger partial charge in [0, 0.05) is 49.4 Å². The minimum Gasteiger partial charge on any atom is -0.461 e. The first-order chi connectivity index (χ1) is 26.1. The topological polar surface area (TPSA) is 114 Å². The number of morpholine rings is 1. The van der Waals surface area contributed by atoms with Crippen molar-refractivity contribution in [3.05, 3.63) is 101 Å². The standard InChI is InChI=1S/C41H47N7O6/c1-41(2,3)54-39(49)47-21-22-51-32(25-47)28-52-38-43-35-26-45(36-16-10-14-30-13-8-9-15-33(30)36)18-17-34(35)37(44-38)46-19-20-48(31(24-46)23-42-4)40(50)53-27-29-11-6-5-7-12-29/h5-16,31-32H,17-28H2,1-3H3/t31?,32-/m0/s1. The number of aromatic nitrogens is 2. The van der Waals surface area contributed by atoms with Gasteiger partial charge in [-0.25, -0.2) is 16.2 Å². The molecule has 4 aromatic rings. The van der Waals surface area contributed by atoms with Crippen molar-refractivity contribution in [3.63, 3.8) is 0 Å². The van der Waals surface area contributed by atoms with Gasteiger partial charge in [-0.05, 0) is 44.2 Å². The zero-order valence-corrected chi connectivity index (χ0v) is 31.1. The molecule has 4 heterocycles. The molecule has 2 fully saturated rings. The fourth-order valence-corrected chi connectivity index (χ4v) is 7.24. The van der Waals surface area contributed by atoms with Crippen LogP contribution >= 0.6 is 0 Å². The normalized spacial score (nSPS) is 18.9. The number of carbonyl (C=O) groups is 2. The maximum atomic E-state index is 13.3. The van der Waals surface area contributed by atoms with E-state index >= 15 is 0 Å². The third-order valence-electron chi connectivity index (χ3n) is 9.84. The quantitative estimate of drug-likeness (QED) is 0.201. The van der Waals surface area contributed by atoms with Gasteiger partial charge in [0.25, 0.3) is 0 Å². The minimum atomic E-state index is -0.601. The van der Waals surface area contributed by atoms with Crippen LogP contribution in [-0.4, -0.2) is 109 Å². The molecule has 2 amide bonds. The molecule has 0 N–H and O–H groups in total. The number of anilines is 2. The fourth-order valence-electron chi connectivity index (χ4n) is 7.24. The first kappa shape index (κ1) is 36.7. The summed E-state index contributed by atoms with van der Waals surface area (Å²) >= 11 is 0. The van der Waals surface area contributed by atoms with E-state index in [0.29, 0.717) is 52.3 Å². The van der Waals surface area contributed by atoms with Crippen molar-refractivity contribution in [2.24, 2.45) is 0 Å². The average Bonchev–Trinajstić information content (AvgIpc) is 3.18. The Kier molecular flexibility index (Phi) is 11.0. The SMILES string of the molecule is [C-]#[N+]CC1CN(c2nc(OC[C@@H]3CN(C(=O)OC(C)(C)C)CCO3)nc3c2CCN(c2cccc4ccccc24)C3)CCN1C(=O)OCc1ccccc1. The molecule has 7 rings (SSSR count). The first-order valence-corrected chi connectivity index (χ1v) is 18.6. The average molecular weight is 734 g/mol. The van der Waals surface area contributed by atoms with E-state index in [1.807, 2.05) is 57.2 Å². The molecule has 0 spiro atoms. The fraction of sp³-hybridized carbons (Fsp3) is 0.439. The van der Waals surface area contributed by atoms with Crippen molar-refractivity contribution in [1.82, 2.24) is 19.8 Å². The number of hydrogen-bond acceptors (Lipinski definition) is 10. The second kappa shape index (κ2) is 16.2. The van der Waals surface area contributed by atoms with Crippen molar-refractivity contribution in [1.29, 1.82) is 0 Å². The Morgan fingerprint density at radius 1 is 0.907 bits per heavy atom. The summed E-state index contributed by atoms with van der Waals surface area (Å²) in [6.07, 6.45) is -0.499. The van der Waals surface area contributed by atoms with Crippen LogP contribution in [0.15, 0.2) is 72.8 Å². The summed E-state index contributed by atoms with van der Waals surface area (Å²) in [5.41, 5.74) is 3.33. The molecule has 1 aromatic heterocycles. The third kappa shape index (κ3) is 8.60. The molecule has 0 radical (unpaired) electrons. The van der Waals surface area contributed by atoms with Gasteiger partial charge < -0.3 is 38.5 Å². The zero-order valence-electron chi connectivity index (χ0n) is 31.1. The van der Waals surface area contributed by atoms with Gasteiger partial charge in [0.15, 0.2) is 0 Å². The number of carbonyl (C=O) groups excluding carboxylic acids is 2. The van der Waals surface area contributed by atoms with Crippen molar-refractivity contribution in [2.45, 2.75) is 58.1 Å². The van der Waals surface area contributed by atoms with Crippen molar-refractivity contribution in [3.8, 4) is 6.01 Å². The van der Waals surface area contributed by atoms with Gasteiger partial charge >= 0.3 is 18.2 Å². The van der Waals surface area contributed by atoms with E-state index in [1.165, 1.54) is 10.8 Å². The Morgan fingerprint density at radius 2 is 1.70 bits per heavy atom. The molecule has 13 heteroatoms. The number of hydrogen-bond donors (Lipinski definition) is 0. The van der Waals surface area contributed by atoms with Crippen LogP contribution in [0.3, 0.4) is 0 Å². The van der Waals surface area contributed by atoms with Gasteiger partial charge in [-0.2, -0.15) is 9.97 Å². The molecule has 13 nitrogen and oxygen atoms in total. The molecule has 3 aromatic carbocycles. The van der Waals surface area contributed by atoms with E-state index in [0.717, 1.165) is 34.9 Å². The van der Waals surface area contributed by atoms with Gasteiger partial charge in [-0.15, -0.1) is 0 Å². The highest BCUT2D eigenvalue weighted by molar-refractivity contribution is 5.94. The lowest BCUT2D eigenvalue weighted by molar-refractivity contribution is -0.0566. The molecule has 3 aliphatic heterocycles. The van der Waals surface area contributed by atoms with E-state index in [2.05, 4.69) is 51.0 Å². The van der Waals surface area contributed by atoms with Gasteiger partial charge in [0.05, 0.1) is 25.4 Å². The van der Waals surface area contributed by atoms with Crippen molar-refractivity contribution >= 4 is 34.5 Å². The summed E-state index contributed by atoms with van der Waals surface area (Å²) in [4.78, 5) is 47.6. The molecular weight excluding hydrogens is 686 g/mol. The molecule has 0 bridgehead atoms. The van der Waals surface area contributed by atoms with Crippen molar-refractivity contribution in [2.75, 3.05) is 68.8 Å². The van der Waals surface area contributed by atoms with Crippen LogP contribution in [0.25, 0.3) is 15.6 Å². The van der Waals surface area contributed by atoms with E-state index < -0.39 is 17.8 Å². The van der Waals surface area contributed by atoms with Crippen LogP contribution in [0, 0.1) is 6.57 Å². The number of nitrogens with zero attached hydrogens (tertiary/aromatic N) is 7. The lowest BCUT2D eigenvalue weighted by Gasteiger charge is -2.40. The molecule has 282 valence electrons. The van der Waals surface area contributed by atoms with Gasteiger partial charge in [-0.1, -0.05) is 66.7 Å². The zero-order chi connectivity index (χ0) is 37.7. The van der Waals surface area contributed by atoms with Crippen LogP contribution in [0.1, 0.15) is 37.6 Å². The van der Waals surface area contributed by atoms with E-state index in [4.69, 9.17) is 35.5 Å². The van der Waals surface area contributed by atoms with Crippen LogP contribution in [0.4, 0.5) is 21.1 Å². The third-order valence-corrected chi connectivity index (χ3v) is 9.84. The second-order valence-electron chi connectivity index (χ2n) is 14.8. The second-order valence-corrected chi connectivity index (χ2v) is 14.8. The molecule has 2 atom stereocenters. The maximum absolute atomic E-state index is 13.3. The lowest BCUT2D eigenvalue weighted by atomic mass is 10.0. The van der Waals surface area contributed by atoms with Crippen molar-refractivity contribution < 1.29 is 28.5 Å². The minimum absolute atomic E-state index is 0.135. The Morgan fingerprint density at radius 3 is 2.52 bits per heavy atom. The van der Waals surface area contributed by atoms with Gasteiger partial charge in [0.2, 0.25) is 6.54 Å². The molecule has 3 aliphatic rings. The number of ether oxygens (including phenoxy) is 4. The molecule has 0 saturated carbocycles. The summed E-state index contributed by atoms with van der Waals surface area (Å²) in [6, 6.07) is 24.1. The molecule has 1 unspecified atom stereocenters. The highest BCUT2D eigenvalue weighted by atomic mass is 16.6. The highest BCUT2D eigenvalue weighted by Crippen LogP contribution is 2.35. The molecule has 54 heavy (non-hydrogen) atoms. The maximum Gasteiger partial charge on any atom is 0.410 e. The molecular formula is C41H47N7O6. The number of benzene rings is 3. The summed E-state index contributed by atoms with van der Waals surface area (Å²) in [5, 5.41) is 2.35. The molecule has 0 aliphatic carbocycles. The lowest BCUT2D eigenvalue weighted by Crippen LogP contribution is -2.57. The summed E-state index contributed by atoms with van der Waals surface area (Å²) in [6.45, 7) is 17.4. The number of fused-ring (bicyclic) bond motifs is 2. The largest absolute Gasteiger partial charge is 0.461 e. The molecule has 2 saturated heterocycles. The van der Waals surface area contributed by atoms with Crippen LogP contribution in [-0.2, 0) is 33.8 Å². The Labute approximate surface area is 316 Å².